The van der Waals surface area contributed by atoms with Gasteiger partial charge in [0.25, 0.3) is 0 Å². The van der Waals surface area contributed by atoms with Crippen LogP contribution in [0.15, 0.2) is 18.2 Å². The van der Waals surface area contributed by atoms with E-state index in [9.17, 15) is 8.78 Å². The van der Waals surface area contributed by atoms with Gasteiger partial charge in [-0.05, 0) is 18.4 Å². The van der Waals surface area contributed by atoms with Gasteiger partial charge in [0, 0.05) is 11.6 Å². The molecule has 1 aliphatic carbocycles. The molecule has 14 heavy (non-hydrogen) atoms. The second kappa shape index (κ2) is 3.65. The first kappa shape index (κ1) is 9.59. The standard InChI is InChI=1S/C11H13F2N/c12-9-3-1-2-8(11(9)13)10(14)6-7-4-5-7/h1-3,7,10H,4-6,14H2. The van der Waals surface area contributed by atoms with Gasteiger partial charge in [-0.2, -0.15) is 0 Å². The van der Waals surface area contributed by atoms with Crippen LogP contribution in [-0.2, 0) is 0 Å². The van der Waals surface area contributed by atoms with E-state index in [4.69, 9.17) is 5.73 Å². The number of halogens is 2. The fraction of sp³-hybridized carbons (Fsp3) is 0.455. The van der Waals surface area contributed by atoms with E-state index >= 15 is 0 Å². The molecule has 0 spiro atoms. The third-order valence-electron chi connectivity index (χ3n) is 2.67. The third-order valence-corrected chi connectivity index (χ3v) is 2.67. The Bertz CT molecular complexity index is 334. The summed E-state index contributed by atoms with van der Waals surface area (Å²) >= 11 is 0. The van der Waals surface area contributed by atoms with Crippen molar-refractivity contribution in [1.82, 2.24) is 0 Å². The summed E-state index contributed by atoms with van der Waals surface area (Å²) in [5, 5.41) is 0. The van der Waals surface area contributed by atoms with Crippen molar-refractivity contribution < 1.29 is 8.78 Å². The van der Waals surface area contributed by atoms with Crippen molar-refractivity contribution in [2.75, 3.05) is 0 Å². The molecular weight excluding hydrogens is 184 g/mol. The van der Waals surface area contributed by atoms with Crippen LogP contribution in [0.3, 0.4) is 0 Å². The molecule has 3 heteroatoms. The van der Waals surface area contributed by atoms with Crippen LogP contribution in [0, 0.1) is 17.6 Å². The molecule has 76 valence electrons. The number of hydrogen-bond acceptors (Lipinski definition) is 1. The SMILES string of the molecule is NC(CC1CC1)c1cccc(F)c1F. The molecule has 0 radical (unpaired) electrons. The topological polar surface area (TPSA) is 26.0 Å². The number of nitrogens with two attached hydrogens (primary N) is 1. The zero-order valence-electron chi connectivity index (χ0n) is 7.84. The van der Waals surface area contributed by atoms with Crippen LogP contribution in [0.1, 0.15) is 30.9 Å². The number of benzene rings is 1. The normalized spacial score (nSPS) is 18.2. The van der Waals surface area contributed by atoms with E-state index in [2.05, 4.69) is 0 Å². The Morgan fingerprint density at radius 1 is 1.36 bits per heavy atom. The maximum Gasteiger partial charge on any atom is 0.163 e. The molecule has 1 saturated carbocycles. The predicted molar refractivity (Wildman–Crippen MR) is 50.6 cm³/mol. The third kappa shape index (κ3) is 1.93. The van der Waals surface area contributed by atoms with E-state index in [-0.39, 0.29) is 6.04 Å². The van der Waals surface area contributed by atoms with Crippen LogP contribution in [-0.4, -0.2) is 0 Å². The molecule has 1 aromatic rings. The van der Waals surface area contributed by atoms with Gasteiger partial charge in [-0.15, -0.1) is 0 Å². The van der Waals surface area contributed by atoms with Crippen molar-refractivity contribution in [2.45, 2.75) is 25.3 Å². The number of hydrogen-bond donors (Lipinski definition) is 1. The van der Waals surface area contributed by atoms with E-state index in [0.717, 1.165) is 12.5 Å². The molecule has 1 fully saturated rings. The zero-order valence-corrected chi connectivity index (χ0v) is 7.84. The molecule has 1 aromatic carbocycles. The summed E-state index contributed by atoms with van der Waals surface area (Å²) < 4.78 is 26.1. The van der Waals surface area contributed by atoms with Crippen LogP contribution in [0.25, 0.3) is 0 Å². The quantitative estimate of drug-likeness (QED) is 0.792. The van der Waals surface area contributed by atoms with Crippen molar-refractivity contribution in [3.63, 3.8) is 0 Å². The van der Waals surface area contributed by atoms with Gasteiger partial charge in [0.15, 0.2) is 11.6 Å². The van der Waals surface area contributed by atoms with Crippen LogP contribution >= 0.6 is 0 Å². The fourth-order valence-corrected chi connectivity index (χ4v) is 1.65. The van der Waals surface area contributed by atoms with E-state index in [1.807, 2.05) is 0 Å². The highest BCUT2D eigenvalue weighted by molar-refractivity contribution is 5.22. The highest BCUT2D eigenvalue weighted by Gasteiger charge is 2.26. The first-order valence-electron chi connectivity index (χ1n) is 4.88. The first-order chi connectivity index (χ1) is 6.68. The molecule has 0 heterocycles. The van der Waals surface area contributed by atoms with Gasteiger partial charge in [0.05, 0.1) is 0 Å². The van der Waals surface area contributed by atoms with Crippen LogP contribution in [0.5, 0.6) is 0 Å². The average molecular weight is 197 g/mol. The Hall–Kier alpha value is -0.960. The first-order valence-corrected chi connectivity index (χ1v) is 4.88. The maximum atomic E-state index is 13.3. The largest absolute Gasteiger partial charge is 0.324 e. The van der Waals surface area contributed by atoms with Crippen molar-refractivity contribution in [3.8, 4) is 0 Å². The Balaban J connectivity index is 2.16. The zero-order chi connectivity index (χ0) is 10.1. The molecule has 1 aliphatic rings. The lowest BCUT2D eigenvalue weighted by atomic mass is 10.0. The molecule has 2 rings (SSSR count). The Morgan fingerprint density at radius 2 is 2.07 bits per heavy atom. The molecule has 0 amide bonds. The smallest absolute Gasteiger partial charge is 0.163 e. The van der Waals surface area contributed by atoms with Crippen LogP contribution < -0.4 is 5.73 Å². The molecule has 0 bridgehead atoms. The Labute approximate surface area is 81.9 Å². The second-order valence-corrected chi connectivity index (χ2v) is 3.93. The van der Waals surface area contributed by atoms with Crippen molar-refractivity contribution in [2.24, 2.45) is 11.7 Å². The summed E-state index contributed by atoms with van der Waals surface area (Å²) in [6.07, 6.45) is 3.11. The minimum absolute atomic E-state index is 0.303. The monoisotopic (exact) mass is 197 g/mol. The van der Waals surface area contributed by atoms with Gasteiger partial charge in [0.2, 0.25) is 0 Å². The maximum absolute atomic E-state index is 13.3. The predicted octanol–water partition coefficient (Wildman–Crippen LogP) is 2.76. The summed E-state index contributed by atoms with van der Waals surface area (Å²) in [5.41, 5.74) is 6.10. The second-order valence-electron chi connectivity index (χ2n) is 3.93. The highest BCUT2D eigenvalue weighted by atomic mass is 19.2. The van der Waals surface area contributed by atoms with Crippen LogP contribution in [0.2, 0.25) is 0 Å². The summed E-state index contributed by atoms with van der Waals surface area (Å²) in [4.78, 5) is 0. The van der Waals surface area contributed by atoms with Gasteiger partial charge in [-0.1, -0.05) is 25.0 Å². The van der Waals surface area contributed by atoms with E-state index in [0.29, 0.717) is 11.5 Å². The molecular formula is C11H13F2N. The van der Waals surface area contributed by atoms with E-state index < -0.39 is 11.6 Å². The molecule has 0 saturated heterocycles. The lowest BCUT2D eigenvalue weighted by molar-refractivity contribution is 0.478. The summed E-state index contributed by atoms with van der Waals surface area (Å²) in [6, 6.07) is 3.81. The van der Waals surface area contributed by atoms with Gasteiger partial charge in [0.1, 0.15) is 0 Å². The van der Waals surface area contributed by atoms with Crippen molar-refractivity contribution in [3.05, 3.63) is 35.4 Å². The minimum atomic E-state index is -0.811. The Morgan fingerprint density at radius 3 is 2.71 bits per heavy atom. The van der Waals surface area contributed by atoms with Gasteiger partial charge in [-0.25, -0.2) is 8.78 Å². The fourth-order valence-electron chi connectivity index (χ4n) is 1.65. The summed E-state index contributed by atoms with van der Waals surface area (Å²) in [5.74, 6) is -0.984. The molecule has 1 atom stereocenters. The van der Waals surface area contributed by atoms with E-state index in [1.54, 1.807) is 6.07 Å². The van der Waals surface area contributed by atoms with Crippen molar-refractivity contribution in [1.29, 1.82) is 0 Å². The lowest BCUT2D eigenvalue weighted by Gasteiger charge is -2.12. The van der Waals surface area contributed by atoms with E-state index in [1.165, 1.54) is 18.9 Å². The van der Waals surface area contributed by atoms with Gasteiger partial charge >= 0.3 is 0 Å². The molecule has 1 nitrogen and oxygen atoms in total. The summed E-state index contributed by atoms with van der Waals surface area (Å²) in [7, 11) is 0. The molecule has 0 aliphatic heterocycles. The summed E-state index contributed by atoms with van der Waals surface area (Å²) in [6.45, 7) is 0. The van der Waals surface area contributed by atoms with Gasteiger partial charge < -0.3 is 5.73 Å². The Kier molecular flexibility index (Phi) is 2.50. The number of rotatable bonds is 3. The average Bonchev–Trinajstić information content (AvgIpc) is 2.93. The van der Waals surface area contributed by atoms with Gasteiger partial charge in [-0.3, -0.25) is 0 Å². The lowest BCUT2D eigenvalue weighted by Crippen LogP contribution is -2.13. The van der Waals surface area contributed by atoms with Crippen LogP contribution in [0.4, 0.5) is 8.78 Å². The van der Waals surface area contributed by atoms with Crippen molar-refractivity contribution >= 4 is 0 Å². The molecule has 0 aromatic heterocycles. The molecule has 1 unspecified atom stereocenters. The highest BCUT2D eigenvalue weighted by Crippen LogP contribution is 2.37. The minimum Gasteiger partial charge on any atom is -0.324 e. The molecule has 2 N–H and O–H groups in total.